The SMILES string of the molecule is CC(C)Cn1c(N)c(C(=O)CNc2ccc(OC(F)F)c(Cl)c2)c(=O)n(C)c1=O. The van der Waals surface area contributed by atoms with E-state index in [2.05, 4.69) is 10.1 Å². The van der Waals surface area contributed by atoms with E-state index in [1.54, 1.807) is 0 Å². The average Bonchev–Trinajstić information content (AvgIpc) is 2.63. The third-order valence-electron chi connectivity index (χ3n) is 4.01. The van der Waals surface area contributed by atoms with Gasteiger partial charge in [-0.25, -0.2) is 4.79 Å². The number of nitrogens with zero attached hydrogens (tertiary/aromatic N) is 2. The summed E-state index contributed by atoms with van der Waals surface area (Å²) in [7, 11) is 1.27. The predicted molar refractivity (Wildman–Crippen MR) is 106 cm³/mol. The number of halogens is 3. The molecule has 3 N–H and O–H groups in total. The molecule has 1 heterocycles. The number of nitrogens with one attached hydrogen (secondary N) is 1. The first-order valence-corrected chi connectivity index (χ1v) is 9.01. The van der Waals surface area contributed by atoms with E-state index in [1.165, 1.54) is 29.8 Å². The number of hydrogen-bond donors (Lipinski definition) is 2. The molecular weight excluding hydrogens is 410 g/mol. The standard InChI is InChI=1S/C18H21ClF2N4O4/c1-9(2)8-25-15(22)14(16(27)24(3)18(25)28)12(26)7-23-10-4-5-13(11(19)6-10)29-17(20)21/h4-6,9,17,23H,7-8,22H2,1-3H3. The fraction of sp³-hybridized carbons (Fsp3) is 0.389. The Morgan fingerprint density at radius 1 is 1.31 bits per heavy atom. The minimum atomic E-state index is -3.02. The maximum absolute atomic E-state index is 12.6. The zero-order valence-electron chi connectivity index (χ0n) is 16.0. The van der Waals surface area contributed by atoms with Crippen LogP contribution in [0, 0.1) is 5.92 Å². The molecule has 0 bridgehead atoms. The highest BCUT2D eigenvalue weighted by molar-refractivity contribution is 6.32. The summed E-state index contributed by atoms with van der Waals surface area (Å²) in [6.07, 6.45) is 0. The summed E-state index contributed by atoms with van der Waals surface area (Å²) < 4.78 is 30.8. The summed E-state index contributed by atoms with van der Waals surface area (Å²) in [5.74, 6) is -0.982. The Morgan fingerprint density at radius 2 is 1.97 bits per heavy atom. The number of nitrogen functional groups attached to an aromatic ring is 1. The van der Waals surface area contributed by atoms with Crippen molar-refractivity contribution < 1.29 is 18.3 Å². The van der Waals surface area contributed by atoms with E-state index < -0.39 is 23.6 Å². The third-order valence-corrected chi connectivity index (χ3v) is 4.31. The zero-order chi connectivity index (χ0) is 21.9. The number of ether oxygens (including phenoxy) is 1. The predicted octanol–water partition coefficient (Wildman–Crippen LogP) is 2.33. The maximum Gasteiger partial charge on any atom is 0.387 e. The largest absolute Gasteiger partial charge is 0.433 e. The molecule has 11 heteroatoms. The van der Waals surface area contributed by atoms with Gasteiger partial charge in [-0.3, -0.25) is 18.7 Å². The van der Waals surface area contributed by atoms with Gasteiger partial charge in [-0.05, 0) is 24.1 Å². The molecule has 0 spiro atoms. The Bertz CT molecular complexity index is 1030. The molecule has 0 aliphatic heterocycles. The Morgan fingerprint density at radius 3 is 2.52 bits per heavy atom. The van der Waals surface area contributed by atoms with E-state index >= 15 is 0 Å². The highest BCUT2D eigenvalue weighted by Crippen LogP contribution is 2.28. The van der Waals surface area contributed by atoms with Crippen LogP contribution in [-0.4, -0.2) is 28.1 Å². The molecule has 8 nitrogen and oxygen atoms in total. The summed E-state index contributed by atoms with van der Waals surface area (Å²) in [4.78, 5) is 37.3. The van der Waals surface area contributed by atoms with Crippen molar-refractivity contribution in [2.24, 2.45) is 13.0 Å². The molecule has 0 aliphatic rings. The van der Waals surface area contributed by atoms with E-state index in [9.17, 15) is 23.2 Å². The van der Waals surface area contributed by atoms with E-state index in [-0.39, 0.29) is 41.2 Å². The summed E-state index contributed by atoms with van der Waals surface area (Å²) in [5, 5.41) is 2.66. The lowest BCUT2D eigenvalue weighted by Gasteiger charge is -2.16. The van der Waals surface area contributed by atoms with Crippen molar-refractivity contribution in [3.8, 4) is 5.75 Å². The lowest BCUT2D eigenvalue weighted by molar-refractivity contribution is -0.0497. The maximum atomic E-state index is 12.6. The Balaban J connectivity index is 2.28. The van der Waals surface area contributed by atoms with Crippen LogP contribution in [0.5, 0.6) is 5.75 Å². The molecule has 0 amide bonds. The van der Waals surface area contributed by atoms with Crippen molar-refractivity contribution in [1.82, 2.24) is 9.13 Å². The summed E-state index contributed by atoms with van der Waals surface area (Å²) in [6.45, 7) is 0.628. The molecular formula is C18H21ClF2N4O4. The molecule has 29 heavy (non-hydrogen) atoms. The Kier molecular flexibility index (Phi) is 7.02. The summed E-state index contributed by atoms with van der Waals surface area (Å²) in [6, 6.07) is 3.91. The number of carbonyl (C=O) groups excluding carboxylic acids is 1. The molecule has 2 rings (SSSR count). The van der Waals surface area contributed by atoms with Crippen LogP contribution in [0.2, 0.25) is 5.02 Å². The van der Waals surface area contributed by atoms with E-state index in [0.717, 1.165) is 4.57 Å². The van der Waals surface area contributed by atoms with Crippen LogP contribution in [-0.2, 0) is 13.6 Å². The molecule has 2 aromatic rings. The fourth-order valence-electron chi connectivity index (χ4n) is 2.66. The number of Topliss-reactive ketones (excluding diaryl/α,β-unsaturated/α-hetero) is 1. The molecule has 0 fully saturated rings. The van der Waals surface area contributed by atoms with Gasteiger partial charge in [0.05, 0.1) is 11.6 Å². The molecule has 0 radical (unpaired) electrons. The van der Waals surface area contributed by atoms with Crippen molar-refractivity contribution in [1.29, 1.82) is 0 Å². The number of aromatic nitrogens is 2. The topological polar surface area (TPSA) is 108 Å². The minimum Gasteiger partial charge on any atom is -0.433 e. The first kappa shape index (κ1) is 22.4. The van der Waals surface area contributed by atoms with Gasteiger partial charge in [-0.1, -0.05) is 25.4 Å². The molecule has 0 atom stereocenters. The van der Waals surface area contributed by atoms with Gasteiger partial charge in [-0.15, -0.1) is 0 Å². The normalized spacial score (nSPS) is 11.2. The monoisotopic (exact) mass is 430 g/mol. The van der Waals surface area contributed by atoms with E-state index in [1.807, 2.05) is 13.8 Å². The van der Waals surface area contributed by atoms with Crippen molar-refractivity contribution >= 4 is 28.9 Å². The van der Waals surface area contributed by atoms with Crippen molar-refractivity contribution in [2.75, 3.05) is 17.6 Å². The van der Waals surface area contributed by atoms with E-state index in [4.69, 9.17) is 17.3 Å². The van der Waals surface area contributed by atoms with Crippen LogP contribution in [0.15, 0.2) is 27.8 Å². The summed E-state index contributed by atoms with van der Waals surface area (Å²) >= 11 is 5.87. The number of benzene rings is 1. The first-order valence-electron chi connectivity index (χ1n) is 8.63. The van der Waals surface area contributed by atoms with Gasteiger partial charge in [0.15, 0.2) is 5.78 Å². The van der Waals surface area contributed by atoms with Crippen molar-refractivity contribution in [3.63, 3.8) is 0 Å². The van der Waals surface area contributed by atoms with Gasteiger partial charge in [0.25, 0.3) is 5.56 Å². The second-order valence-electron chi connectivity index (χ2n) is 6.71. The van der Waals surface area contributed by atoms with Gasteiger partial charge < -0.3 is 15.8 Å². The number of carbonyl (C=O) groups is 1. The van der Waals surface area contributed by atoms with Gasteiger partial charge in [-0.2, -0.15) is 8.78 Å². The quantitative estimate of drug-likeness (QED) is 0.622. The molecule has 0 saturated heterocycles. The zero-order valence-corrected chi connectivity index (χ0v) is 16.8. The van der Waals surface area contributed by atoms with Crippen molar-refractivity contribution in [3.05, 3.63) is 49.6 Å². The van der Waals surface area contributed by atoms with Crippen LogP contribution in [0.3, 0.4) is 0 Å². The molecule has 1 aromatic carbocycles. The second kappa shape index (κ2) is 9.08. The van der Waals surface area contributed by atoms with Gasteiger partial charge in [0, 0.05) is 19.3 Å². The van der Waals surface area contributed by atoms with Crippen LogP contribution >= 0.6 is 11.6 Å². The lowest BCUT2D eigenvalue weighted by atomic mass is 10.1. The van der Waals surface area contributed by atoms with Crippen LogP contribution in [0.25, 0.3) is 0 Å². The smallest absolute Gasteiger partial charge is 0.387 e. The highest BCUT2D eigenvalue weighted by atomic mass is 35.5. The number of nitrogens with two attached hydrogens (primary N) is 1. The first-order chi connectivity index (χ1) is 13.5. The van der Waals surface area contributed by atoms with E-state index in [0.29, 0.717) is 5.69 Å². The molecule has 158 valence electrons. The number of hydrogen-bond acceptors (Lipinski definition) is 6. The average molecular weight is 431 g/mol. The van der Waals surface area contributed by atoms with Gasteiger partial charge in [0.2, 0.25) is 0 Å². The molecule has 0 saturated carbocycles. The fourth-order valence-corrected chi connectivity index (χ4v) is 2.89. The van der Waals surface area contributed by atoms with Crippen molar-refractivity contribution in [2.45, 2.75) is 27.0 Å². The van der Waals surface area contributed by atoms with Gasteiger partial charge >= 0.3 is 12.3 Å². The van der Waals surface area contributed by atoms with Crippen LogP contribution in [0.1, 0.15) is 24.2 Å². The highest BCUT2D eigenvalue weighted by Gasteiger charge is 2.21. The second-order valence-corrected chi connectivity index (χ2v) is 7.12. The summed E-state index contributed by atoms with van der Waals surface area (Å²) in [5.41, 5.74) is 4.60. The van der Waals surface area contributed by atoms with Gasteiger partial charge in [0.1, 0.15) is 17.1 Å². The molecule has 0 unspecified atom stereocenters. The van der Waals surface area contributed by atoms with Crippen LogP contribution < -0.4 is 27.0 Å². The van der Waals surface area contributed by atoms with Crippen LogP contribution in [0.4, 0.5) is 20.3 Å². The Labute approximate surface area is 169 Å². The lowest BCUT2D eigenvalue weighted by Crippen LogP contribution is -2.43. The number of rotatable bonds is 8. The Hall–Kier alpha value is -2.88. The molecule has 0 aliphatic carbocycles. The minimum absolute atomic E-state index is 0.0599. The number of anilines is 2. The third kappa shape index (κ3) is 5.14. The number of ketones is 1. The molecule has 1 aromatic heterocycles. The number of alkyl halides is 2.